The Balaban J connectivity index is 0.000000714. The van der Waals surface area contributed by atoms with Crippen LogP contribution in [0, 0.1) is 25.7 Å². The van der Waals surface area contributed by atoms with Gasteiger partial charge in [0.1, 0.15) is 5.65 Å². The van der Waals surface area contributed by atoms with E-state index in [0.29, 0.717) is 5.65 Å². The molecule has 33 heavy (non-hydrogen) atoms. The fourth-order valence-corrected chi connectivity index (χ4v) is 4.71. The van der Waals surface area contributed by atoms with Crippen molar-refractivity contribution in [2.75, 3.05) is 23.7 Å². The molecule has 0 amide bonds. The second-order valence-electron chi connectivity index (χ2n) is 8.22. The Hall–Kier alpha value is -2.71. The highest BCUT2D eigenvalue weighted by molar-refractivity contribution is 7.99. The van der Waals surface area contributed by atoms with Crippen molar-refractivity contribution >= 4 is 23.1 Å². The van der Waals surface area contributed by atoms with E-state index in [1.54, 1.807) is 10.5 Å². The van der Waals surface area contributed by atoms with Crippen LogP contribution in [0.4, 0.5) is 5.69 Å². The normalized spacial score (nSPS) is 14.9. The lowest BCUT2D eigenvalue weighted by Gasteiger charge is -2.19. The van der Waals surface area contributed by atoms with E-state index >= 15 is 0 Å². The Bertz CT molecular complexity index is 1120. The highest BCUT2D eigenvalue weighted by Gasteiger charge is 2.21. The first kappa shape index (κ1) is 26.5. The molecule has 1 fully saturated rings. The first-order valence-electron chi connectivity index (χ1n) is 11.9. The summed E-state index contributed by atoms with van der Waals surface area (Å²) >= 11 is 1.82. The predicted molar refractivity (Wildman–Crippen MR) is 144 cm³/mol. The van der Waals surface area contributed by atoms with Gasteiger partial charge in [0.05, 0.1) is 11.4 Å². The lowest BCUT2D eigenvalue weighted by molar-refractivity contribution is 0.569. The number of anilines is 1. The maximum absolute atomic E-state index is 12.8. The summed E-state index contributed by atoms with van der Waals surface area (Å²) in [6.45, 7) is 12.9. The van der Waals surface area contributed by atoms with Gasteiger partial charge in [0.25, 0.3) is 5.56 Å². The third-order valence-electron chi connectivity index (χ3n) is 5.66. The smallest absolute Gasteiger partial charge is 0.258 e. The molecular weight excluding hydrogens is 426 g/mol. The fourth-order valence-electron chi connectivity index (χ4n) is 3.90. The molecule has 1 atom stereocenters. The molecule has 3 heterocycles. The minimum Gasteiger partial charge on any atom is -0.370 e. The van der Waals surface area contributed by atoms with Gasteiger partial charge in [-0.15, -0.1) is 24.6 Å². The number of rotatable bonds is 5. The van der Waals surface area contributed by atoms with E-state index in [2.05, 4.69) is 76.6 Å². The number of benzene rings is 1. The molecule has 1 saturated heterocycles. The summed E-state index contributed by atoms with van der Waals surface area (Å²) in [4.78, 5) is 21.2. The maximum atomic E-state index is 12.8. The molecule has 176 valence electrons. The van der Waals surface area contributed by atoms with E-state index in [0.717, 1.165) is 41.7 Å². The van der Waals surface area contributed by atoms with Gasteiger partial charge in [-0.1, -0.05) is 52.7 Å². The summed E-state index contributed by atoms with van der Waals surface area (Å²) in [5.41, 5.74) is 4.77. The number of aryl methyl sites for hydroxylation is 1. The van der Waals surface area contributed by atoms with Crippen molar-refractivity contribution in [3.63, 3.8) is 0 Å². The molecule has 0 radical (unpaired) electrons. The quantitative estimate of drug-likeness (QED) is 0.312. The number of hydrogen-bond donors (Lipinski definition) is 0. The molecule has 1 unspecified atom stereocenters. The second-order valence-corrected chi connectivity index (χ2v) is 9.53. The van der Waals surface area contributed by atoms with Gasteiger partial charge in [-0.3, -0.25) is 9.20 Å². The summed E-state index contributed by atoms with van der Waals surface area (Å²) in [5.74, 6) is 1.78. The Morgan fingerprint density at radius 1 is 1.09 bits per heavy atom. The van der Waals surface area contributed by atoms with E-state index in [9.17, 15) is 4.79 Å². The molecule has 1 aromatic carbocycles. The zero-order chi connectivity index (χ0) is 24.4. The third kappa shape index (κ3) is 6.65. The third-order valence-corrected chi connectivity index (χ3v) is 6.70. The fraction of sp³-hybridized carbons (Fsp3) is 0.429. The number of nitrogens with zero attached hydrogens (tertiary/aromatic N) is 3. The summed E-state index contributed by atoms with van der Waals surface area (Å²) in [6.07, 6.45) is 13.6. The average Bonchev–Trinajstić information content (AvgIpc) is 3.32. The monoisotopic (exact) mass is 463 g/mol. The van der Waals surface area contributed by atoms with Crippen molar-refractivity contribution in [3.05, 3.63) is 58.5 Å². The van der Waals surface area contributed by atoms with E-state index < -0.39 is 0 Å². The highest BCUT2D eigenvalue weighted by Crippen LogP contribution is 2.28. The van der Waals surface area contributed by atoms with Crippen LogP contribution in [-0.4, -0.2) is 28.2 Å². The maximum Gasteiger partial charge on any atom is 0.258 e. The van der Waals surface area contributed by atoms with Crippen LogP contribution in [0.1, 0.15) is 52.5 Å². The largest absolute Gasteiger partial charge is 0.370 e. The topological polar surface area (TPSA) is 37.6 Å². The van der Waals surface area contributed by atoms with Gasteiger partial charge < -0.3 is 4.90 Å². The first-order chi connectivity index (χ1) is 16.0. The number of fused-ring (bicyclic) bond motifs is 1. The molecule has 0 saturated carbocycles. The molecule has 2 aromatic heterocycles. The van der Waals surface area contributed by atoms with Crippen molar-refractivity contribution < 1.29 is 0 Å². The first-order valence-corrected chi connectivity index (χ1v) is 12.8. The Kier molecular flexibility index (Phi) is 10.5. The predicted octanol–water partition coefficient (Wildman–Crippen LogP) is 6.68. The number of pyridine rings is 1. The van der Waals surface area contributed by atoms with Gasteiger partial charge in [-0.25, -0.2) is 4.98 Å². The second kappa shape index (κ2) is 13.1. The van der Waals surface area contributed by atoms with Gasteiger partial charge in [-0.05, 0) is 48.8 Å². The molecule has 4 rings (SSSR count). The van der Waals surface area contributed by atoms with Crippen molar-refractivity contribution in [1.82, 2.24) is 9.38 Å². The van der Waals surface area contributed by atoms with Crippen LogP contribution < -0.4 is 10.5 Å². The Morgan fingerprint density at radius 2 is 1.82 bits per heavy atom. The number of hydrogen-bond acceptors (Lipinski definition) is 4. The van der Waals surface area contributed by atoms with Crippen LogP contribution in [0.25, 0.3) is 16.9 Å². The number of terminal acetylenes is 1. The number of thioether (sulfide) groups is 1. The van der Waals surface area contributed by atoms with Crippen molar-refractivity contribution in [2.45, 2.75) is 58.8 Å². The molecule has 0 aliphatic carbocycles. The van der Waals surface area contributed by atoms with Crippen molar-refractivity contribution in [1.29, 1.82) is 0 Å². The average molecular weight is 464 g/mol. The minimum atomic E-state index is -0.0293. The van der Waals surface area contributed by atoms with E-state index in [-0.39, 0.29) is 5.56 Å². The number of aromatic nitrogens is 2. The Labute approximate surface area is 203 Å². The van der Waals surface area contributed by atoms with E-state index in [1.165, 1.54) is 29.7 Å². The van der Waals surface area contributed by atoms with Crippen molar-refractivity contribution in [2.24, 2.45) is 5.92 Å². The molecule has 5 heteroatoms. The van der Waals surface area contributed by atoms with Crippen molar-refractivity contribution in [3.8, 4) is 24.1 Å². The van der Waals surface area contributed by atoms with Crippen LogP contribution in [0.15, 0.2) is 52.3 Å². The zero-order valence-electron chi connectivity index (χ0n) is 20.7. The molecule has 0 spiro atoms. The molecule has 0 bridgehead atoms. The molecule has 4 nitrogen and oxygen atoms in total. The van der Waals surface area contributed by atoms with Crippen LogP contribution in [0.5, 0.6) is 0 Å². The van der Waals surface area contributed by atoms with Crippen LogP contribution in [0.3, 0.4) is 0 Å². The standard InChI is InChI=1S/C23H27N3OS.C3H8.C2H2/c1-4-17-10-11-25(14-17)19-8-9-22-24-20(13-23(27)26(22)15-19)18-7-6-16(3)21(12-18)28-5-2;1-3-2;1-2/h6-9,12-13,15,17H,4-5,10-11,14H2,1-3H3;3H2,1-2H3;1-2H. The highest BCUT2D eigenvalue weighted by atomic mass is 32.2. The van der Waals surface area contributed by atoms with Crippen LogP contribution in [0.2, 0.25) is 0 Å². The molecule has 1 aliphatic rings. The van der Waals surface area contributed by atoms with Crippen LogP contribution >= 0.6 is 11.8 Å². The van der Waals surface area contributed by atoms with E-state index in [4.69, 9.17) is 4.98 Å². The lowest BCUT2D eigenvalue weighted by atomic mass is 10.1. The van der Waals surface area contributed by atoms with Gasteiger partial charge in [0.2, 0.25) is 0 Å². The molecule has 3 aromatic rings. The van der Waals surface area contributed by atoms with Crippen LogP contribution in [-0.2, 0) is 0 Å². The summed E-state index contributed by atoms with van der Waals surface area (Å²) < 4.78 is 1.67. The lowest BCUT2D eigenvalue weighted by Crippen LogP contribution is -2.22. The molecular formula is C28H37N3OS. The van der Waals surface area contributed by atoms with Gasteiger partial charge in [-0.2, -0.15) is 0 Å². The SMILES string of the molecule is C#C.CCC.CCSc1cc(-c2cc(=O)n3cc(N4CCC(CC)C4)ccc3n2)ccc1C. The minimum absolute atomic E-state index is 0.0293. The van der Waals surface area contributed by atoms with Gasteiger partial charge in [0, 0.05) is 35.8 Å². The van der Waals surface area contributed by atoms with Gasteiger partial charge >= 0.3 is 0 Å². The summed E-state index contributed by atoms with van der Waals surface area (Å²) in [5, 5.41) is 0. The molecule has 0 N–H and O–H groups in total. The molecule has 1 aliphatic heterocycles. The zero-order valence-corrected chi connectivity index (χ0v) is 21.5. The van der Waals surface area contributed by atoms with E-state index in [1.807, 2.05) is 24.0 Å². The summed E-state index contributed by atoms with van der Waals surface area (Å²) in [7, 11) is 0. The van der Waals surface area contributed by atoms with Gasteiger partial charge in [0.15, 0.2) is 0 Å². The summed E-state index contributed by atoms with van der Waals surface area (Å²) in [6, 6.07) is 12.0. The Morgan fingerprint density at radius 3 is 2.45 bits per heavy atom.